The molecule has 0 fully saturated rings. The largest absolute Gasteiger partial charge is 0.454 e. The van der Waals surface area contributed by atoms with Crippen molar-refractivity contribution in [1.29, 1.82) is 0 Å². The van der Waals surface area contributed by atoms with E-state index in [9.17, 15) is 4.79 Å². The van der Waals surface area contributed by atoms with Gasteiger partial charge in [0.25, 0.3) is 5.91 Å². The van der Waals surface area contributed by atoms with Gasteiger partial charge < -0.3 is 20.5 Å². The molecule has 1 heterocycles. The van der Waals surface area contributed by atoms with E-state index >= 15 is 0 Å². The summed E-state index contributed by atoms with van der Waals surface area (Å²) in [6.45, 7) is 9.29. The van der Waals surface area contributed by atoms with Crippen molar-refractivity contribution >= 4 is 11.6 Å². The summed E-state index contributed by atoms with van der Waals surface area (Å²) < 4.78 is 10.5. The number of hydrogen-bond donors (Lipinski definition) is 2. The van der Waals surface area contributed by atoms with E-state index in [1.165, 1.54) is 0 Å². The Labute approximate surface area is 119 Å². The lowest BCUT2D eigenvalue weighted by Gasteiger charge is -2.29. The van der Waals surface area contributed by atoms with Gasteiger partial charge in [0.15, 0.2) is 11.5 Å². The average molecular weight is 278 g/mol. The molecule has 0 aliphatic carbocycles. The van der Waals surface area contributed by atoms with Crippen molar-refractivity contribution < 1.29 is 14.3 Å². The maximum atomic E-state index is 12.2. The van der Waals surface area contributed by atoms with E-state index in [1.54, 1.807) is 12.1 Å². The van der Waals surface area contributed by atoms with Gasteiger partial charge in [-0.3, -0.25) is 4.79 Å². The number of carbonyl (C=O) groups is 1. The van der Waals surface area contributed by atoms with Gasteiger partial charge in [-0.25, -0.2) is 0 Å². The standard InChI is InChI=1S/C15H22N2O3/c1-9(2)15(3,4)7-17-14(18)10-5-12-13(6-11(10)16)20-8-19-12/h5-6,9H,7-8,16H2,1-4H3,(H,17,18). The van der Waals surface area contributed by atoms with Crippen molar-refractivity contribution in [3.8, 4) is 11.5 Å². The van der Waals surface area contributed by atoms with E-state index in [0.717, 1.165) is 0 Å². The zero-order valence-corrected chi connectivity index (χ0v) is 12.4. The Kier molecular flexibility index (Phi) is 3.79. The Hall–Kier alpha value is -1.91. The number of hydrogen-bond acceptors (Lipinski definition) is 4. The maximum Gasteiger partial charge on any atom is 0.253 e. The van der Waals surface area contributed by atoms with Crippen LogP contribution in [-0.2, 0) is 0 Å². The van der Waals surface area contributed by atoms with Crippen LogP contribution in [0.1, 0.15) is 38.1 Å². The van der Waals surface area contributed by atoms with Crippen molar-refractivity contribution in [2.75, 3.05) is 19.1 Å². The molecule has 3 N–H and O–H groups in total. The number of benzene rings is 1. The molecule has 20 heavy (non-hydrogen) atoms. The van der Waals surface area contributed by atoms with Crippen LogP contribution < -0.4 is 20.5 Å². The van der Waals surface area contributed by atoms with E-state index in [1.807, 2.05) is 0 Å². The number of fused-ring (bicyclic) bond motifs is 1. The Morgan fingerprint density at radius 1 is 1.35 bits per heavy atom. The average Bonchev–Trinajstić information content (AvgIpc) is 2.81. The Morgan fingerprint density at radius 2 is 1.95 bits per heavy atom. The Morgan fingerprint density at radius 3 is 2.55 bits per heavy atom. The molecule has 5 heteroatoms. The van der Waals surface area contributed by atoms with Crippen molar-refractivity contribution in [1.82, 2.24) is 5.32 Å². The SMILES string of the molecule is CC(C)C(C)(C)CNC(=O)c1cc2c(cc1N)OCO2. The minimum Gasteiger partial charge on any atom is -0.454 e. The Balaban J connectivity index is 2.10. The molecule has 1 aromatic carbocycles. The summed E-state index contributed by atoms with van der Waals surface area (Å²) >= 11 is 0. The molecule has 1 amide bonds. The first-order valence-corrected chi connectivity index (χ1v) is 6.78. The quantitative estimate of drug-likeness (QED) is 0.829. The molecule has 1 aliphatic rings. The van der Waals surface area contributed by atoms with E-state index in [0.29, 0.717) is 35.2 Å². The second-order valence-electron chi connectivity index (χ2n) is 6.12. The maximum absolute atomic E-state index is 12.2. The fraction of sp³-hybridized carbons (Fsp3) is 0.533. The first kappa shape index (κ1) is 14.5. The summed E-state index contributed by atoms with van der Waals surface area (Å²) in [6, 6.07) is 3.26. The predicted molar refractivity (Wildman–Crippen MR) is 77.9 cm³/mol. The number of anilines is 1. The topological polar surface area (TPSA) is 73.6 Å². The summed E-state index contributed by atoms with van der Waals surface area (Å²) in [5.41, 5.74) is 6.75. The summed E-state index contributed by atoms with van der Waals surface area (Å²) in [7, 11) is 0. The van der Waals surface area contributed by atoms with Crippen LogP contribution in [0.5, 0.6) is 11.5 Å². The fourth-order valence-corrected chi connectivity index (χ4v) is 1.76. The summed E-state index contributed by atoms with van der Waals surface area (Å²) in [5, 5.41) is 2.94. The third-order valence-corrected chi connectivity index (χ3v) is 4.06. The highest BCUT2D eigenvalue weighted by Crippen LogP contribution is 2.36. The molecule has 0 aromatic heterocycles. The fourth-order valence-electron chi connectivity index (χ4n) is 1.76. The van der Waals surface area contributed by atoms with Gasteiger partial charge in [0.05, 0.1) is 5.56 Å². The molecule has 110 valence electrons. The number of nitrogens with one attached hydrogen (secondary N) is 1. The van der Waals surface area contributed by atoms with Crippen molar-refractivity contribution in [3.63, 3.8) is 0 Å². The van der Waals surface area contributed by atoms with Crippen LogP contribution >= 0.6 is 0 Å². The number of ether oxygens (including phenoxy) is 2. The molecule has 2 rings (SSSR count). The smallest absolute Gasteiger partial charge is 0.253 e. The monoisotopic (exact) mass is 278 g/mol. The lowest BCUT2D eigenvalue weighted by Crippen LogP contribution is -2.37. The Bertz CT molecular complexity index is 524. The molecule has 0 radical (unpaired) electrons. The molecule has 1 aliphatic heterocycles. The first-order valence-electron chi connectivity index (χ1n) is 6.78. The van der Waals surface area contributed by atoms with Crippen LogP contribution in [0.15, 0.2) is 12.1 Å². The summed E-state index contributed by atoms with van der Waals surface area (Å²) in [5.74, 6) is 1.43. The molecular formula is C15H22N2O3. The van der Waals surface area contributed by atoms with Crippen LogP contribution in [0.4, 0.5) is 5.69 Å². The molecular weight excluding hydrogens is 256 g/mol. The van der Waals surface area contributed by atoms with Gasteiger partial charge in [-0.15, -0.1) is 0 Å². The third-order valence-electron chi connectivity index (χ3n) is 4.06. The number of amides is 1. The molecule has 0 spiro atoms. The zero-order chi connectivity index (χ0) is 14.9. The molecule has 0 saturated carbocycles. The van der Waals surface area contributed by atoms with Gasteiger partial charge in [-0.2, -0.15) is 0 Å². The molecule has 0 bridgehead atoms. The molecule has 0 atom stereocenters. The van der Waals surface area contributed by atoms with E-state index in [-0.39, 0.29) is 18.1 Å². The highest BCUT2D eigenvalue weighted by molar-refractivity contribution is 6.00. The van der Waals surface area contributed by atoms with Crippen LogP contribution in [0.3, 0.4) is 0 Å². The number of nitrogen functional groups attached to an aromatic ring is 1. The van der Waals surface area contributed by atoms with Crippen LogP contribution in [0, 0.1) is 11.3 Å². The van der Waals surface area contributed by atoms with Gasteiger partial charge in [-0.05, 0) is 17.4 Å². The molecule has 0 unspecified atom stereocenters. The van der Waals surface area contributed by atoms with Crippen LogP contribution in [0.2, 0.25) is 0 Å². The number of carbonyl (C=O) groups excluding carboxylic acids is 1. The lowest BCUT2D eigenvalue weighted by atomic mass is 9.81. The summed E-state index contributed by atoms with van der Waals surface area (Å²) in [6.07, 6.45) is 0. The zero-order valence-electron chi connectivity index (χ0n) is 12.4. The van der Waals surface area contributed by atoms with Crippen molar-refractivity contribution in [2.24, 2.45) is 11.3 Å². The molecule has 1 aromatic rings. The van der Waals surface area contributed by atoms with Crippen molar-refractivity contribution in [3.05, 3.63) is 17.7 Å². The molecule has 0 saturated heterocycles. The van der Waals surface area contributed by atoms with Gasteiger partial charge in [-0.1, -0.05) is 27.7 Å². The van der Waals surface area contributed by atoms with E-state index < -0.39 is 0 Å². The minimum absolute atomic E-state index is 0.0285. The molecule has 5 nitrogen and oxygen atoms in total. The highest BCUT2D eigenvalue weighted by Gasteiger charge is 2.25. The normalized spacial score (nSPS) is 13.7. The minimum atomic E-state index is -0.186. The third kappa shape index (κ3) is 2.81. The highest BCUT2D eigenvalue weighted by atomic mass is 16.7. The predicted octanol–water partition coefficient (Wildman–Crippen LogP) is 2.41. The second-order valence-corrected chi connectivity index (χ2v) is 6.12. The van der Waals surface area contributed by atoms with Gasteiger partial charge in [0.2, 0.25) is 6.79 Å². The lowest BCUT2D eigenvalue weighted by molar-refractivity contribution is 0.0925. The second kappa shape index (κ2) is 5.23. The summed E-state index contributed by atoms with van der Waals surface area (Å²) in [4.78, 5) is 12.2. The van der Waals surface area contributed by atoms with E-state index in [2.05, 4.69) is 33.0 Å². The van der Waals surface area contributed by atoms with Crippen LogP contribution in [-0.4, -0.2) is 19.2 Å². The number of nitrogens with two attached hydrogens (primary N) is 1. The number of rotatable bonds is 4. The van der Waals surface area contributed by atoms with E-state index in [4.69, 9.17) is 15.2 Å². The first-order chi connectivity index (χ1) is 9.31. The van der Waals surface area contributed by atoms with Gasteiger partial charge >= 0.3 is 0 Å². The van der Waals surface area contributed by atoms with Gasteiger partial charge in [0.1, 0.15) is 0 Å². The van der Waals surface area contributed by atoms with Crippen LogP contribution in [0.25, 0.3) is 0 Å². The van der Waals surface area contributed by atoms with Crippen molar-refractivity contribution in [2.45, 2.75) is 27.7 Å². The van der Waals surface area contributed by atoms with Gasteiger partial charge in [0, 0.05) is 18.3 Å².